The average Bonchev–Trinajstić information content (AvgIpc) is 2.85. The third-order valence-electron chi connectivity index (χ3n) is 4.26. The van der Waals surface area contributed by atoms with Crippen LogP contribution in [0.5, 0.6) is 0 Å². The summed E-state index contributed by atoms with van der Waals surface area (Å²) in [5.41, 5.74) is 0. The monoisotopic (exact) mass is 288 g/mol. The lowest BCUT2D eigenvalue weighted by molar-refractivity contribution is -0.123. The minimum atomic E-state index is -2.85. The molecule has 0 unspecified atom stereocenters. The van der Waals surface area contributed by atoms with Gasteiger partial charge < -0.3 is 5.32 Å². The van der Waals surface area contributed by atoms with E-state index < -0.39 is 9.84 Å². The summed E-state index contributed by atoms with van der Waals surface area (Å²) < 4.78 is 22.6. The minimum absolute atomic E-state index is 0.0266. The van der Waals surface area contributed by atoms with E-state index in [0.29, 0.717) is 25.4 Å². The van der Waals surface area contributed by atoms with Gasteiger partial charge in [-0.1, -0.05) is 12.8 Å². The van der Waals surface area contributed by atoms with Crippen molar-refractivity contribution >= 4 is 15.7 Å². The Kier molecular flexibility index (Phi) is 4.84. The maximum atomic E-state index is 11.9. The summed E-state index contributed by atoms with van der Waals surface area (Å²) in [6.45, 7) is 0.425. The van der Waals surface area contributed by atoms with Gasteiger partial charge in [0.1, 0.15) is 9.84 Å². The summed E-state index contributed by atoms with van der Waals surface area (Å²) in [4.78, 5) is 14.1. The van der Waals surface area contributed by atoms with E-state index in [-0.39, 0.29) is 23.5 Å². The highest BCUT2D eigenvalue weighted by Gasteiger charge is 2.26. The van der Waals surface area contributed by atoms with Gasteiger partial charge >= 0.3 is 0 Å². The van der Waals surface area contributed by atoms with Crippen molar-refractivity contribution in [2.75, 3.05) is 25.1 Å². The Morgan fingerprint density at radius 1 is 1.16 bits per heavy atom. The van der Waals surface area contributed by atoms with Crippen LogP contribution in [0.2, 0.25) is 0 Å². The second-order valence-corrected chi connectivity index (χ2v) is 8.15. The maximum absolute atomic E-state index is 11.9. The summed E-state index contributed by atoms with van der Waals surface area (Å²) in [5.74, 6) is 0.436. The van der Waals surface area contributed by atoms with Gasteiger partial charge in [0.2, 0.25) is 5.91 Å². The minimum Gasteiger partial charge on any atom is -0.352 e. The SMILES string of the molecule is CN(CC(=O)NC1CCS(=O)(=O)CC1)C1CCCC1. The number of likely N-dealkylation sites (N-methyl/N-ethyl adjacent to an activating group) is 1. The molecule has 1 N–H and O–H groups in total. The normalized spacial score (nSPS) is 24.7. The van der Waals surface area contributed by atoms with E-state index in [9.17, 15) is 13.2 Å². The smallest absolute Gasteiger partial charge is 0.234 e. The van der Waals surface area contributed by atoms with Gasteiger partial charge in [-0.25, -0.2) is 8.42 Å². The number of carbonyl (C=O) groups excluding carboxylic acids is 1. The molecule has 0 radical (unpaired) electrons. The molecular weight excluding hydrogens is 264 g/mol. The number of hydrogen-bond donors (Lipinski definition) is 1. The van der Waals surface area contributed by atoms with Crippen LogP contribution in [0.15, 0.2) is 0 Å². The van der Waals surface area contributed by atoms with E-state index >= 15 is 0 Å². The third kappa shape index (κ3) is 4.45. The molecule has 6 heteroatoms. The molecule has 1 aliphatic heterocycles. The van der Waals surface area contributed by atoms with Crippen molar-refractivity contribution in [3.8, 4) is 0 Å². The maximum Gasteiger partial charge on any atom is 0.234 e. The number of carbonyl (C=O) groups is 1. The molecule has 5 nitrogen and oxygen atoms in total. The zero-order valence-electron chi connectivity index (χ0n) is 11.6. The van der Waals surface area contributed by atoms with Crippen molar-refractivity contribution in [1.29, 1.82) is 0 Å². The van der Waals surface area contributed by atoms with Crippen LogP contribution in [0.25, 0.3) is 0 Å². The van der Waals surface area contributed by atoms with E-state index in [2.05, 4.69) is 10.2 Å². The lowest BCUT2D eigenvalue weighted by Crippen LogP contribution is -2.46. The molecule has 1 saturated carbocycles. The zero-order chi connectivity index (χ0) is 13.9. The molecule has 1 aliphatic carbocycles. The number of amides is 1. The average molecular weight is 288 g/mol. The Labute approximate surface area is 115 Å². The quantitative estimate of drug-likeness (QED) is 0.820. The van der Waals surface area contributed by atoms with E-state index in [0.717, 1.165) is 0 Å². The fraction of sp³-hybridized carbons (Fsp3) is 0.923. The van der Waals surface area contributed by atoms with Crippen LogP contribution in [0, 0.1) is 0 Å². The molecule has 0 aromatic heterocycles. The highest BCUT2D eigenvalue weighted by atomic mass is 32.2. The van der Waals surface area contributed by atoms with Crippen LogP contribution >= 0.6 is 0 Å². The molecule has 0 aromatic carbocycles. The first-order valence-electron chi connectivity index (χ1n) is 7.16. The first-order chi connectivity index (χ1) is 8.96. The summed E-state index contributed by atoms with van der Waals surface area (Å²) in [7, 11) is -0.848. The van der Waals surface area contributed by atoms with Gasteiger partial charge in [0.15, 0.2) is 0 Å². The molecule has 1 heterocycles. The van der Waals surface area contributed by atoms with Gasteiger partial charge in [-0.3, -0.25) is 9.69 Å². The largest absolute Gasteiger partial charge is 0.352 e. The summed E-state index contributed by atoms with van der Waals surface area (Å²) in [5, 5.41) is 2.97. The van der Waals surface area contributed by atoms with Crippen LogP contribution < -0.4 is 5.32 Å². The van der Waals surface area contributed by atoms with Gasteiger partial charge in [-0.05, 0) is 32.7 Å². The molecule has 0 spiro atoms. The highest BCUT2D eigenvalue weighted by molar-refractivity contribution is 7.91. The van der Waals surface area contributed by atoms with Crippen LogP contribution in [-0.4, -0.2) is 56.4 Å². The number of nitrogens with zero attached hydrogens (tertiary/aromatic N) is 1. The lowest BCUT2D eigenvalue weighted by atomic mass is 10.1. The van der Waals surface area contributed by atoms with E-state index in [1.807, 2.05) is 7.05 Å². The molecule has 2 rings (SSSR count). The fourth-order valence-corrected chi connectivity index (χ4v) is 4.50. The Bertz CT molecular complexity index is 402. The van der Waals surface area contributed by atoms with Gasteiger partial charge in [0.05, 0.1) is 18.1 Å². The van der Waals surface area contributed by atoms with Crippen molar-refractivity contribution in [2.45, 2.75) is 50.6 Å². The fourth-order valence-electron chi connectivity index (χ4n) is 3.01. The van der Waals surface area contributed by atoms with Crippen LogP contribution in [0.1, 0.15) is 38.5 Å². The third-order valence-corrected chi connectivity index (χ3v) is 5.98. The molecule has 0 atom stereocenters. The van der Waals surface area contributed by atoms with E-state index in [4.69, 9.17) is 0 Å². The number of sulfone groups is 1. The topological polar surface area (TPSA) is 66.5 Å². The molecule has 1 saturated heterocycles. The van der Waals surface area contributed by atoms with Crippen molar-refractivity contribution in [2.24, 2.45) is 0 Å². The second-order valence-electron chi connectivity index (χ2n) is 5.85. The van der Waals surface area contributed by atoms with Crippen LogP contribution in [0.4, 0.5) is 0 Å². The molecule has 1 amide bonds. The van der Waals surface area contributed by atoms with Gasteiger partial charge in [-0.2, -0.15) is 0 Å². The predicted octanol–water partition coefficient (Wildman–Crippen LogP) is 0.554. The predicted molar refractivity (Wildman–Crippen MR) is 74.7 cm³/mol. The highest BCUT2D eigenvalue weighted by Crippen LogP contribution is 2.22. The van der Waals surface area contributed by atoms with Crippen LogP contribution in [-0.2, 0) is 14.6 Å². The summed E-state index contributed by atoms with van der Waals surface area (Å²) in [6, 6.07) is 0.575. The molecule has 19 heavy (non-hydrogen) atoms. The Morgan fingerprint density at radius 2 is 1.74 bits per heavy atom. The summed E-state index contributed by atoms with van der Waals surface area (Å²) >= 11 is 0. The first-order valence-corrected chi connectivity index (χ1v) is 8.98. The Morgan fingerprint density at radius 3 is 2.32 bits per heavy atom. The molecule has 0 aromatic rings. The van der Waals surface area contributed by atoms with Gasteiger partial charge in [0, 0.05) is 12.1 Å². The van der Waals surface area contributed by atoms with Crippen molar-refractivity contribution in [3.05, 3.63) is 0 Å². The Balaban J connectivity index is 1.72. The lowest BCUT2D eigenvalue weighted by Gasteiger charge is -2.26. The zero-order valence-corrected chi connectivity index (χ0v) is 12.4. The van der Waals surface area contributed by atoms with Gasteiger partial charge in [0.25, 0.3) is 0 Å². The molecule has 2 fully saturated rings. The Hall–Kier alpha value is -0.620. The van der Waals surface area contributed by atoms with Crippen molar-refractivity contribution in [3.63, 3.8) is 0 Å². The molecular formula is C13H24N2O3S. The molecule has 2 aliphatic rings. The van der Waals surface area contributed by atoms with Crippen molar-refractivity contribution < 1.29 is 13.2 Å². The number of nitrogens with one attached hydrogen (secondary N) is 1. The molecule has 0 bridgehead atoms. The van der Waals surface area contributed by atoms with E-state index in [1.54, 1.807) is 0 Å². The number of rotatable bonds is 4. The van der Waals surface area contributed by atoms with Crippen LogP contribution in [0.3, 0.4) is 0 Å². The van der Waals surface area contributed by atoms with Crippen molar-refractivity contribution in [1.82, 2.24) is 10.2 Å². The number of hydrogen-bond acceptors (Lipinski definition) is 4. The second kappa shape index (κ2) is 6.22. The first kappa shape index (κ1) is 14.8. The van der Waals surface area contributed by atoms with E-state index in [1.165, 1.54) is 25.7 Å². The molecule has 110 valence electrons. The van der Waals surface area contributed by atoms with Gasteiger partial charge in [-0.15, -0.1) is 0 Å². The standard InChI is InChI=1S/C13H24N2O3S/c1-15(12-4-2-3-5-12)10-13(16)14-11-6-8-19(17,18)9-7-11/h11-12H,2-10H2,1H3,(H,14,16). The summed E-state index contributed by atoms with van der Waals surface area (Å²) in [6.07, 6.45) is 6.01.